The van der Waals surface area contributed by atoms with Crippen LogP contribution in [0.25, 0.3) is 0 Å². The van der Waals surface area contributed by atoms with Crippen molar-refractivity contribution < 1.29 is 4.79 Å². The predicted molar refractivity (Wildman–Crippen MR) is 74.6 cm³/mol. The summed E-state index contributed by atoms with van der Waals surface area (Å²) < 4.78 is 1.88. The third kappa shape index (κ3) is 5.83. The minimum Gasteiger partial charge on any atom is -0.356 e. The van der Waals surface area contributed by atoms with Gasteiger partial charge in [0, 0.05) is 25.6 Å². The van der Waals surface area contributed by atoms with Crippen molar-refractivity contribution in [1.82, 2.24) is 25.4 Å². The first-order valence-corrected chi connectivity index (χ1v) is 6.86. The second kappa shape index (κ2) is 7.89. The highest BCUT2D eigenvalue weighted by Gasteiger charge is 2.07. The predicted octanol–water partition coefficient (Wildman–Crippen LogP) is 1.11. The molecule has 108 valence electrons. The number of hydrogen-bond acceptors (Lipinski definition) is 4. The molecule has 0 aliphatic heterocycles. The molecule has 6 heteroatoms. The summed E-state index contributed by atoms with van der Waals surface area (Å²) in [4.78, 5) is 15.7. The van der Waals surface area contributed by atoms with Gasteiger partial charge in [0.1, 0.15) is 12.2 Å². The van der Waals surface area contributed by atoms with E-state index in [1.807, 2.05) is 4.68 Å². The Hall–Kier alpha value is -1.43. The van der Waals surface area contributed by atoms with Gasteiger partial charge >= 0.3 is 0 Å². The van der Waals surface area contributed by atoms with Gasteiger partial charge in [-0.15, -0.1) is 0 Å². The smallest absolute Gasteiger partial charge is 0.221 e. The van der Waals surface area contributed by atoms with E-state index in [-0.39, 0.29) is 5.91 Å². The van der Waals surface area contributed by atoms with Crippen molar-refractivity contribution >= 4 is 5.91 Å². The van der Waals surface area contributed by atoms with Crippen molar-refractivity contribution in [1.29, 1.82) is 0 Å². The van der Waals surface area contributed by atoms with Crippen LogP contribution in [0.15, 0.2) is 6.33 Å². The summed E-state index contributed by atoms with van der Waals surface area (Å²) in [7, 11) is 0. The summed E-state index contributed by atoms with van der Waals surface area (Å²) in [6, 6.07) is 0.300. The first-order valence-electron chi connectivity index (χ1n) is 6.86. The summed E-state index contributed by atoms with van der Waals surface area (Å²) in [6.07, 6.45) is 2.05. The third-order valence-electron chi connectivity index (χ3n) is 2.66. The minimum atomic E-state index is 0.0894. The van der Waals surface area contributed by atoms with Gasteiger partial charge in [0.15, 0.2) is 0 Å². The molecule has 1 rings (SSSR count). The Kier molecular flexibility index (Phi) is 6.49. The van der Waals surface area contributed by atoms with Crippen LogP contribution in [0, 0.1) is 5.92 Å². The number of nitrogens with one attached hydrogen (secondary N) is 2. The Balaban J connectivity index is 2.20. The molecule has 0 bridgehead atoms. The van der Waals surface area contributed by atoms with Crippen molar-refractivity contribution in [2.75, 3.05) is 13.1 Å². The summed E-state index contributed by atoms with van der Waals surface area (Å²) >= 11 is 0. The van der Waals surface area contributed by atoms with Crippen LogP contribution in [0.2, 0.25) is 0 Å². The van der Waals surface area contributed by atoms with Crippen LogP contribution >= 0.6 is 0 Å². The number of rotatable bonds is 8. The number of hydrogen-bond donors (Lipinski definition) is 2. The van der Waals surface area contributed by atoms with E-state index < -0.39 is 0 Å². The lowest BCUT2D eigenvalue weighted by atomic mass is 10.2. The third-order valence-corrected chi connectivity index (χ3v) is 2.66. The summed E-state index contributed by atoms with van der Waals surface area (Å²) in [5.74, 6) is 1.48. The maximum absolute atomic E-state index is 11.5. The van der Waals surface area contributed by atoms with E-state index in [4.69, 9.17) is 0 Å². The SMILES string of the molecule is CC(C)CNC(=O)CCNCc1ncnn1C(C)C. The molecule has 0 spiro atoms. The van der Waals surface area contributed by atoms with E-state index in [0.717, 1.165) is 12.4 Å². The zero-order chi connectivity index (χ0) is 14.3. The van der Waals surface area contributed by atoms with Crippen molar-refractivity contribution in [2.24, 2.45) is 5.92 Å². The molecule has 0 unspecified atom stereocenters. The van der Waals surface area contributed by atoms with E-state index in [1.165, 1.54) is 0 Å². The lowest BCUT2D eigenvalue weighted by Crippen LogP contribution is -2.30. The fourth-order valence-corrected chi connectivity index (χ4v) is 1.64. The van der Waals surface area contributed by atoms with Gasteiger partial charge in [0.2, 0.25) is 5.91 Å². The largest absolute Gasteiger partial charge is 0.356 e. The van der Waals surface area contributed by atoms with E-state index in [1.54, 1.807) is 6.33 Å². The van der Waals surface area contributed by atoms with Crippen molar-refractivity contribution in [2.45, 2.75) is 46.7 Å². The van der Waals surface area contributed by atoms with Gasteiger partial charge in [0.25, 0.3) is 0 Å². The van der Waals surface area contributed by atoms with E-state index in [9.17, 15) is 4.79 Å². The summed E-state index contributed by atoms with van der Waals surface area (Å²) in [6.45, 7) is 10.3. The Bertz CT molecular complexity index is 386. The fourth-order valence-electron chi connectivity index (χ4n) is 1.64. The molecule has 0 atom stereocenters. The highest BCUT2D eigenvalue weighted by molar-refractivity contribution is 5.76. The zero-order valence-electron chi connectivity index (χ0n) is 12.3. The second-order valence-corrected chi connectivity index (χ2v) is 5.34. The Morgan fingerprint density at radius 2 is 2.11 bits per heavy atom. The number of carbonyl (C=O) groups excluding carboxylic acids is 1. The van der Waals surface area contributed by atoms with Crippen molar-refractivity contribution in [3.63, 3.8) is 0 Å². The second-order valence-electron chi connectivity index (χ2n) is 5.34. The van der Waals surface area contributed by atoms with E-state index >= 15 is 0 Å². The Labute approximate surface area is 115 Å². The molecule has 0 saturated heterocycles. The molecular weight excluding hydrogens is 242 g/mol. The van der Waals surface area contributed by atoms with Crippen molar-refractivity contribution in [3.8, 4) is 0 Å². The van der Waals surface area contributed by atoms with E-state index in [0.29, 0.717) is 31.5 Å². The molecule has 0 aliphatic rings. The number of carbonyl (C=O) groups is 1. The maximum Gasteiger partial charge on any atom is 0.221 e. The van der Waals surface area contributed by atoms with Crippen LogP contribution in [0.5, 0.6) is 0 Å². The fraction of sp³-hybridized carbons (Fsp3) is 0.769. The van der Waals surface area contributed by atoms with Gasteiger partial charge in [-0.1, -0.05) is 13.8 Å². The molecule has 0 saturated carbocycles. The average Bonchev–Trinajstić information content (AvgIpc) is 2.80. The lowest BCUT2D eigenvalue weighted by molar-refractivity contribution is -0.121. The molecular formula is C13H25N5O. The zero-order valence-corrected chi connectivity index (χ0v) is 12.3. The first-order chi connectivity index (χ1) is 9.00. The Morgan fingerprint density at radius 3 is 2.74 bits per heavy atom. The molecule has 19 heavy (non-hydrogen) atoms. The van der Waals surface area contributed by atoms with Crippen LogP contribution in [-0.4, -0.2) is 33.8 Å². The minimum absolute atomic E-state index is 0.0894. The molecule has 0 fully saturated rings. The van der Waals surface area contributed by atoms with Gasteiger partial charge in [0.05, 0.1) is 6.54 Å². The van der Waals surface area contributed by atoms with Crippen LogP contribution < -0.4 is 10.6 Å². The lowest BCUT2D eigenvalue weighted by Gasteiger charge is -2.10. The molecule has 1 aromatic heterocycles. The van der Waals surface area contributed by atoms with Crippen LogP contribution in [-0.2, 0) is 11.3 Å². The standard InChI is InChI=1S/C13H25N5O/c1-10(2)7-15-13(19)5-6-14-8-12-16-9-17-18(12)11(3)4/h9-11,14H,5-8H2,1-4H3,(H,15,19). The number of aromatic nitrogens is 3. The van der Waals surface area contributed by atoms with E-state index in [2.05, 4.69) is 48.4 Å². The number of amides is 1. The summed E-state index contributed by atoms with van der Waals surface area (Å²) in [5.41, 5.74) is 0. The first kappa shape index (κ1) is 15.6. The molecule has 1 amide bonds. The van der Waals surface area contributed by atoms with Crippen LogP contribution in [0.4, 0.5) is 0 Å². The van der Waals surface area contributed by atoms with Gasteiger partial charge in [-0.3, -0.25) is 4.79 Å². The van der Waals surface area contributed by atoms with Crippen LogP contribution in [0.3, 0.4) is 0 Å². The Morgan fingerprint density at radius 1 is 1.37 bits per heavy atom. The highest BCUT2D eigenvalue weighted by atomic mass is 16.1. The molecule has 6 nitrogen and oxygen atoms in total. The van der Waals surface area contributed by atoms with Gasteiger partial charge < -0.3 is 10.6 Å². The monoisotopic (exact) mass is 267 g/mol. The molecule has 1 aromatic rings. The average molecular weight is 267 g/mol. The topological polar surface area (TPSA) is 71.8 Å². The summed E-state index contributed by atoms with van der Waals surface area (Å²) in [5, 5.41) is 10.3. The normalized spacial score (nSPS) is 11.3. The van der Waals surface area contributed by atoms with Crippen LogP contribution in [0.1, 0.15) is 46.0 Å². The van der Waals surface area contributed by atoms with Gasteiger partial charge in [-0.05, 0) is 19.8 Å². The number of nitrogens with zero attached hydrogens (tertiary/aromatic N) is 3. The molecule has 2 N–H and O–H groups in total. The molecule has 0 aromatic carbocycles. The quantitative estimate of drug-likeness (QED) is 0.692. The van der Waals surface area contributed by atoms with Gasteiger partial charge in [-0.2, -0.15) is 5.10 Å². The molecule has 1 heterocycles. The van der Waals surface area contributed by atoms with Crippen molar-refractivity contribution in [3.05, 3.63) is 12.2 Å². The van der Waals surface area contributed by atoms with Gasteiger partial charge in [-0.25, -0.2) is 9.67 Å². The molecule has 0 radical (unpaired) electrons. The molecule has 0 aliphatic carbocycles. The highest BCUT2D eigenvalue weighted by Crippen LogP contribution is 2.04. The maximum atomic E-state index is 11.5.